The molecule has 29 heavy (non-hydrogen) atoms. The fraction of sp³-hybridized carbons (Fsp3) is 0.611. The van der Waals surface area contributed by atoms with Gasteiger partial charge in [0.15, 0.2) is 0 Å². The van der Waals surface area contributed by atoms with Crippen LogP contribution in [-0.2, 0) is 38.7 Å². The van der Waals surface area contributed by atoms with Crippen molar-refractivity contribution in [1.29, 1.82) is 0 Å². The van der Waals surface area contributed by atoms with E-state index in [1.54, 1.807) is 0 Å². The molecule has 0 spiro atoms. The van der Waals surface area contributed by atoms with Gasteiger partial charge in [-0.1, -0.05) is 32.9 Å². The van der Waals surface area contributed by atoms with Crippen LogP contribution in [0.15, 0.2) is 24.3 Å². The molecule has 162 valence electrons. The maximum atomic E-state index is 12.7. The molecular formula is C18H29NaO9S. The number of carbonyl (C=O) groups is 3. The minimum atomic E-state index is -4.33. The van der Waals surface area contributed by atoms with E-state index in [4.69, 9.17) is 18.8 Å². The average molecular weight is 444 g/mol. The normalized spacial score (nSPS) is 11.0. The van der Waals surface area contributed by atoms with Gasteiger partial charge in [0.1, 0.15) is 31.0 Å². The van der Waals surface area contributed by atoms with E-state index in [1.807, 2.05) is 6.92 Å². The summed E-state index contributed by atoms with van der Waals surface area (Å²) >= 11 is 0. The van der Waals surface area contributed by atoms with Crippen LogP contribution in [0.5, 0.6) is 0 Å². The molecule has 0 aliphatic heterocycles. The predicted molar refractivity (Wildman–Crippen MR) is 108 cm³/mol. The molecule has 0 aliphatic rings. The van der Waals surface area contributed by atoms with Crippen molar-refractivity contribution in [1.82, 2.24) is 0 Å². The summed E-state index contributed by atoms with van der Waals surface area (Å²) in [6, 6.07) is 0. The summed E-state index contributed by atoms with van der Waals surface area (Å²) in [7, 11) is -4.33. The van der Waals surface area contributed by atoms with Crippen LogP contribution in [0.25, 0.3) is 0 Å². The van der Waals surface area contributed by atoms with Gasteiger partial charge in [-0.2, -0.15) is 8.42 Å². The molecule has 11 heteroatoms. The third-order valence-electron chi connectivity index (χ3n) is 3.67. The Bertz CT molecular complexity index is 683. The number of rotatable bonds is 13. The topological polar surface area (TPSA) is 133 Å². The van der Waals surface area contributed by atoms with E-state index in [0.717, 1.165) is 0 Å². The van der Waals surface area contributed by atoms with Crippen LogP contribution in [0.2, 0.25) is 0 Å². The summed E-state index contributed by atoms with van der Waals surface area (Å²) in [4.78, 5) is 36.2. The van der Waals surface area contributed by atoms with Crippen LogP contribution in [0.3, 0.4) is 0 Å². The predicted octanol–water partition coefficient (Wildman–Crippen LogP) is 1.18. The molecule has 0 atom stereocenters. The maximum absolute atomic E-state index is 12.7. The summed E-state index contributed by atoms with van der Waals surface area (Å²) in [5.74, 6) is -3.18. The van der Waals surface area contributed by atoms with E-state index < -0.39 is 59.0 Å². The van der Waals surface area contributed by atoms with Gasteiger partial charge in [-0.3, -0.25) is 9.35 Å². The van der Waals surface area contributed by atoms with Crippen LogP contribution in [0.1, 0.15) is 40.0 Å². The Morgan fingerprint density at radius 2 is 1.41 bits per heavy atom. The molecule has 0 aliphatic carbocycles. The second-order valence-electron chi connectivity index (χ2n) is 6.52. The summed E-state index contributed by atoms with van der Waals surface area (Å²) < 4.78 is 45.6. The van der Waals surface area contributed by atoms with Crippen molar-refractivity contribution in [3.05, 3.63) is 24.3 Å². The molecule has 0 aromatic carbocycles. The average Bonchev–Trinajstić information content (AvgIpc) is 2.59. The molecule has 9 nitrogen and oxygen atoms in total. The molecule has 0 aromatic heterocycles. The van der Waals surface area contributed by atoms with Crippen molar-refractivity contribution in [3.63, 3.8) is 0 Å². The van der Waals surface area contributed by atoms with Gasteiger partial charge in [0.25, 0.3) is 10.1 Å². The van der Waals surface area contributed by atoms with E-state index >= 15 is 0 Å². The Kier molecular flexibility index (Phi) is 14.4. The van der Waals surface area contributed by atoms with E-state index in [-0.39, 0.29) is 47.1 Å². The molecule has 0 saturated heterocycles. The van der Waals surface area contributed by atoms with Crippen molar-refractivity contribution in [2.75, 3.05) is 25.6 Å². The van der Waals surface area contributed by atoms with E-state index in [2.05, 4.69) is 13.2 Å². The first kappa shape index (κ1) is 30.0. The Balaban J connectivity index is 0. The molecule has 1 N–H and O–H groups in total. The molecule has 0 unspecified atom stereocenters. The fourth-order valence-corrected chi connectivity index (χ4v) is 2.26. The van der Waals surface area contributed by atoms with Gasteiger partial charge < -0.3 is 14.2 Å². The van der Waals surface area contributed by atoms with E-state index in [9.17, 15) is 22.8 Å². The number of esters is 3. The van der Waals surface area contributed by atoms with Crippen LogP contribution in [0, 0.1) is 5.41 Å². The number of hydrogen-bond donors (Lipinski definition) is 1. The quantitative estimate of drug-likeness (QED) is 0.146. The van der Waals surface area contributed by atoms with Gasteiger partial charge in [0, 0.05) is 11.1 Å². The molecule has 0 aromatic rings. The van der Waals surface area contributed by atoms with Gasteiger partial charge >= 0.3 is 47.5 Å². The molecule has 0 bridgehead atoms. The molecule has 0 rings (SSSR count). The molecule has 0 saturated carbocycles. The van der Waals surface area contributed by atoms with Crippen LogP contribution >= 0.6 is 0 Å². The van der Waals surface area contributed by atoms with Crippen LogP contribution < -0.4 is 0 Å². The zero-order valence-electron chi connectivity index (χ0n) is 16.5. The fourth-order valence-electron chi connectivity index (χ4n) is 1.97. The summed E-state index contributed by atoms with van der Waals surface area (Å²) in [6.45, 7) is 10.1. The van der Waals surface area contributed by atoms with Gasteiger partial charge in [-0.15, -0.1) is 0 Å². The van der Waals surface area contributed by atoms with Gasteiger partial charge in [0.2, 0.25) is 0 Å². The monoisotopic (exact) mass is 444 g/mol. The Morgan fingerprint density at radius 1 is 0.966 bits per heavy atom. The third kappa shape index (κ3) is 12.2. The first-order valence-corrected chi connectivity index (χ1v) is 10.2. The third-order valence-corrected chi connectivity index (χ3v) is 4.35. The standard InChI is InChI=1S/C18H28O9S.Na.H/c1-6-7-8-18(11-26-15(19)13(2)3,12-27-16(20)14(4)5)17(21)25-9-10-28(22,23)24;;/h2,4,6-12H2,1,3,5H3,(H,22,23,24);;. The number of carbonyl (C=O) groups excluding carboxylic acids is 3. The molecule has 0 amide bonds. The zero-order chi connectivity index (χ0) is 22.0. The number of ether oxygens (including phenoxy) is 3. The summed E-state index contributed by atoms with van der Waals surface area (Å²) in [6.07, 6.45) is 1.35. The summed E-state index contributed by atoms with van der Waals surface area (Å²) in [5.41, 5.74) is -1.31. The number of unbranched alkanes of at least 4 members (excludes halogenated alkanes) is 1. The van der Waals surface area contributed by atoms with Crippen molar-refractivity contribution in [3.8, 4) is 0 Å². The van der Waals surface area contributed by atoms with E-state index in [0.29, 0.717) is 12.8 Å². The Hall–Kier alpha value is -1.20. The second kappa shape index (κ2) is 13.9. The van der Waals surface area contributed by atoms with Gasteiger partial charge in [-0.25, -0.2) is 9.59 Å². The van der Waals surface area contributed by atoms with Crippen molar-refractivity contribution < 1.29 is 41.6 Å². The second-order valence-corrected chi connectivity index (χ2v) is 8.09. The minimum absolute atomic E-state index is 0. The Labute approximate surface area is 193 Å². The van der Waals surface area contributed by atoms with Gasteiger partial charge in [-0.05, 0) is 20.3 Å². The van der Waals surface area contributed by atoms with Crippen molar-refractivity contribution in [2.45, 2.75) is 40.0 Å². The molecule has 0 radical (unpaired) electrons. The van der Waals surface area contributed by atoms with E-state index in [1.165, 1.54) is 13.8 Å². The van der Waals surface area contributed by atoms with Crippen molar-refractivity contribution in [2.24, 2.45) is 5.41 Å². The molecule has 0 heterocycles. The first-order chi connectivity index (χ1) is 12.8. The molecule has 0 fully saturated rings. The first-order valence-electron chi connectivity index (χ1n) is 8.62. The Morgan fingerprint density at radius 3 is 1.76 bits per heavy atom. The SMILES string of the molecule is C=C(C)C(=O)OCC(CCCC)(COC(=O)C(=C)C)C(=O)OCCS(=O)(=O)O.[NaH]. The number of hydrogen-bond acceptors (Lipinski definition) is 8. The summed E-state index contributed by atoms with van der Waals surface area (Å²) in [5, 5.41) is 0. The zero-order valence-corrected chi connectivity index (χ0v) is 17.3. The van der Waals surface area contributed by atoms with Crippen LogP contribution in [0.4, 0.5) is 0 Å². The van der Waals surface area contributed by atoms with Crippen molar-refractivity contribution >= 4 is 57.6 Å². The molecular weight excluding hydrogens is 415 g/mol. The van der Waals surface area contributed by atoms with Crippen LogP contribution in [-0.4, -0.2) is 86.0 Å². The van der Waals surface area contributed by atoms with Gasteiger partial charge in [0.05, 0.1) is 0 Å².